The lowest BCUT2D eigenvalue weighted by Crippen LogP contribution is -2.03. The van der Waals surface area contributed by atoms with Crippen molar-refractivity contribution >= 4 is 22.3 Å². The van der Waals surface area contributed by atoms with Gasteiger partial charge in [0.25, 0.3) is 0 Å². The predicted octanol–water partition coefficient (Wildman–Crippen LogP) is 3.56. The van der Waals surface area contributed by atoms with Crippen LogP contribution in [0.4, 0.5) is 0 Å². The van der Waals surface area contributed by atoms with Gasteiger partial charge in [-0.15, -0.1) is 11.3 Å². The van der Waals surface area contributed by atoms with Gasteiger partial charge >= 0.3 is 5.97 Å². The number of aliphatic carboxylic acids is 1. The summed E-state index contributed by atoms with van der Waals surface area (Å²) in [7, 11) is 0. The molecule has 108 valence electrons. The summed E-state index contributed by atoms with van der Waals surface area (Å²) >= 11 is 1.48. The molecule has 0 unspecified atom stereocenters. The van der Waals surface area contributed by atoms with Gasteiger partial charge in [-0.25, -0.2) is 4.98 Å². The molecule has 0 bridgehead atoms. The lowest BCUT2D eigenvalue weighted by Gasteiger charge is -2.02. The molecule has 0 aliphatic carbocycles. The maximum atomic E-state index is 10.9. The van der Waals surface area contributed by atoms with Crippen LogP contribution >= 0.6 is 11.3 Å². The summed E-state index contributed by atoms with van der Waals surface area (Å²) in [5.41, 5.74) is 5.07. The van der Waals surface area contributed by atoms with Crippen LogP contribution in [0.5, 0.6) is 0 Å². The molecule has 5 heteroatoms. The van der Waals surface area contributed by atoms with Gasteiger partial charge in [-0.3, -0.25) is 9.20 Å². The van der Waals surface area contributed by atoms with E-state index in [0.717, 1.165) is 34.0 Å². The van der Waals surface area contributed by atoms with Crippen LogP contribution in [0.1, 0.15) is 23.9 Å². The zero-order valence-corrected chi connectivity index (χ0v) is 12.8. The van der Waals surface area contributed by atoms with E-state index in [1.54, 1.807) is 0 Å². The summed E-state index contributed by atoms with van der Waals surface area (Å²) in [5, 5.41) is 10.9. The Morgan fingerprint density at radius 1 is 1.33 bits per heavy atom. The zero-order chi connectivity index (χ0) is 15.0. The van der Waals surface area contributed by atoms with E-state index >= 15 is 0 Å². The zero-order valence-electron chi connectivity index (χ0n) is 12.0. The molecule has 3 aromatic rings. The molecule has 21 heavy (non-hydrogen) atoms. The summed E-state index contributed by atoms with van der Waals surface area (Å²) in [6, 6.07) is 8.38. The molecule has 1 N–H and O–H groups in total. The lowest BCUT2D eigenvalue weighted by atomic mass is 10.1. The Labute approximate surface area is 126 Å². The quantitative estimate of drug-likeness (QED) is 0.801. The van der Waals surface area contributed by atoms with Gasteiger partial charge in [0.05, 0.1) is 12.1 Å². The van der Waals surface area contributed by atoms with Crippen LogP contribution in [-0.2, 0) is 17.6 Å². The molecule has 4 nitrogen and oxygen atoms in total. The number of hydrogen-bond acceptors (Lipinski definition) is 3. The van der Waals surface area contributed by atoms with Gasteiger partial charge in [0.1, 0.15) is 0 Å². The van der Waals surface area contributed by atoms with Gasteiger partial charge in [-0.05, 0) is 18.9 Å². The highest BCUT2D eigenvalue weighted by Crippen LogP contribution is 2.28. The SMILES string of the molecule is CCc1ccc(-c2nc3scc(CC(=O)O)n3c2C)cc1. The Hall–Kier alpha value is -2.14. The maximum absolute atomic E-state index is 10.9. The van der Waals surface area contributed by atoms with Crippen molar-refractivity contribution in [3.8, 4) is 11.3 Å². The van der Waals surface area contributed by atoms with Crippen molar-refractivity contribution in [2.75, 3.05) is 0 Å². The maximum Gasteiger partial charge on any atom is 0.309 e. The molecule has 0 amide bonds. The molecule has 1 aromatic carbocycles. The largest absolute Gasteiger partial charge is 0.481 e. The number of benzene rings is 1. The summed E-state index contributed by atoms with van der Waals surface area (Å²) < 4.78 is 1.95. The number of aryl methyl sites for hydroxylation is 2. The number of rotatable bonds is 4. The molecular weight excluding hydrogens is 284 g/mol. The Bertz CT molecular complexity index is 800. The van der Waals surface area contributed by atoms with Crippen molar-refractivity contribution in [2.45, 2.75) is 26.7 Å². The third-order valence-electron chi connectivity index (χ3n) is 3.63. The predicted molar refractivity (Wildman–Crippen MR) is 84.0 cm³/mol. The number of imidazole rings is 1. The fourth-order valence-corrected chi connectivity index (χ4v) is 3.45. The third-order valence-corrected chi connectivity index (χ3v) is 4.51. The fraction of sp³-hybridized carbons (Fsp3) is 0.250. The number of fused-ring (bicyclic) bond motifs is 1. The van der Waals surface area contributed by atoms with Gasteiger partial charge in [0.2, 0.25) is 0 Å². The summed E-state index contributed by atoms with van der Waals surface area (Å²) in [6.45, 7) is 4.12. The molecule has 2 heterocycles. The molecule has 0 radical (unpaired) electrons. The minimum atomic E-state index is -0.823. The summed E-state index contributed by atoms with van der Waals surface area (Å²) in [6.07, 6.45) is 1.03. The van der Waals surface area contributed by atoms with Crippen LogP contribution in [0.3, 0.4) is 0 Å². The van der Waals surface area contributed by atoms with Gasteiger partial charge in [0, 0.05) is 22.3 Å². The van der Waals surface area contributed by atoms with E-state index in [2.05, 4.69) is 36.2 Å². The van der Waals surface area contributed by atoms with E-state index in [4.69, 9.17) is 5.11 Å². The van der Waals surface area contributed by atoms with E-state index in [1.165, 1.54) is 16.9 Å². The highest BCUT2D eigenvalue weighted by molar-refractivity contribution is 7.15. The number of carbonyl (C=O) groups is 1. The van der Waals surface area contributed by atoms with Crippen LogP contribution < -0.4 is 0 Å². The number of hydrogen-bond donors (Lipinski definition) is 1. The van der Waals surface area contributed by atoms with Crippen LogP contribution in [0.2, 0.25) is 0 Å². The molecule has 0 aliphatic rings. The molecular formula is C16H16N2O2S. The second-order valence-electron chi connectivity index (χ2n) is 5.01. The molecule has 2 aromatic heterocycles. The van der Waals surface area contributed by atoms with Crippen molar-refractivity contribution in [1.82, 2.24) is 9.38 Å². The average molecular weight is 300 g/mol. The van der Waals surface area contributed by atoms with E-state index < -0.39 is 5.97 Å². The van der Waals surface area contributed by atoms with Crippen molar-refractivity contribution in [2.24, 2.45) is 0 Å². The first-order chi connectivity index (χ1) is 10.1. The molecule has 0 saturated carbocycles. The van der Waals surface area contributed by atoms with Crippen molar-refractivity contribution < 1.29 is 9.90 Å². The number of aromatic nitrogens is 2. The highest BCUT2D eigenvalue weighted by Gasteiger charge is 2.16. The first kappa shape index (κ1) is 13.8. The van der Waals surface area contributed by atoms with E-state index in [0.29, 0.717) is 0 Å². The topological polar surface area (TPSA) is 54.6 Å². The second-order valence-corrected chi connectivity index (χ2v) is 5.85. The third kappa shape index (κ3) is 2.45. The molecule has 0 saturated heterocycles. The first-order valence-corrected chi connectivity index (χ1v) is 7.74. The second kappa shape index (κ2) is 5.33. The molecule has 3 rings (SSSR count). The van der Waals surface area contributed by atoms with Gasteiger partial charge in [-0.1, -0.05) is 31.2 Å². The Balaban J connectivity index is 2.08. The van der Waals surface area contributed by atoms with Crippen LogP contribution in [0, 0.1) is 6.92 Å². The monoisotopic (exact) mass is 300 g/mol. The molecule has 0 fully saturated rings. The Kier molecular flexibility index (Phi) is 3.51. The van der Waals surface area contributed by atoms with E-state index in [1.807, 2.05) is 16.7 Å². The summed E-state index contributed by atoms with van der Waals surface area (Å²) in [5.74, 6) is -0.823. The molecule has 0 aliphatic heterocycles. The number of carboxylic acids is 1. The average Bonchev–Trinajstić information content (AvgIpc) is 3.00. The molecule has 0 atom stereocenters. The van der Waals surface area contributed by atoms with Crippen LogP contribution in [-0.4, -0.2) is 20.5 Å². The van der Waals surface area contributed by atoms with Crippen molar-refractivity contribution in [3.05, 3.63) is 46.6 Å². The van der Waals surface area contributed by atoms with Crippen LogP contribution in [0.15, 0.2) is 29.6 Å². The van der Waals surface area contributed by atoms with Crippen molar-refractivity contribution in [3.63, 3.8) is 0 Å². The smallest absolute Gasteiger partial charge is 0.309 e. The van der Waals surface area contributed by atoms with Crippen LogP contribution in [0.25, 0.3) is 16.2 Å². The van der Waals surface area contributed by atoms with Gasteiger partial charge in [0.15, 0.2) is 4.96 Å². The summed E-state index contributed by atoms with van der Waals surface area (Å²) in [4.78, 5) is 16.4. The lowest BCUT2D eigenvalue weighted by molar-refractivity contribution is -0.136. The van der Waals surface area contributed by atoms with Gasteiger partial charge in [-0.2, -0.15) is 0 Å². The normalized spacial score (nSPS) is 11.1. The first-order valence-electron chi connectivity index (χ1n) is 6.86. The Morgan fingerprint density at radius 2 is 2.05 bits per heavy atom. The van der Waals surface area contributed by atoms with Crippen molar-refractivity contribution in [1.29, 1.82) is 0 Å². The van der Waals surface area contributed by atoms with E-state index in [9.17, 15) is 4.79 Å². The van der Waals surface area contributed by atoms with Gasteiger partial charge < -0.3 is 5.11 Å². The Morgan fingerprint density at radius 3 is 2.67 bits per heavy atom. The number of nitrogens with zero attached hydrogens (tertiary/aromatic N) is 2. The fourth-order valence-electron chi connectivity index (χ4n) is 2.51. The minimum absolute atomic E-state index is 0.0193. The highest BCUT2D eigenvalue weighted by atomic mass is 32.1. The molecule has 0 spiro atoms. The standard InChI is InChI=1S/C16H16N2O2S/c1-3-11-4-6-12(7-5-11)15-10(2)18-13(8-14(19)20)9-21-16(18)17-15/h4-7,9H,3,8H2,1-2H3,(H,19,20). The van der Waals surface area contributed by atoms with E-state index in [-0.39, 0.29) is 6.42 Å². The number of carboxylic acid groups (broad SMARTS) is 1. The minimum Gasteiger partial charge on any atom is -0.481 e. The number of thiazole rings is 1.